The summed E-state index contributed by atoms with van der Waals surface area (Å²) >= 11 is 0. The van der Waals surface area contributed by atoms with E-state index in [1.54, 1.807) is 0 Å². The van der Waals surface area contributed by atoms with Crippen LogP contribution in [-0.2, 0) is 14.3 Å². The average Bonchev–Trinajstić information content (AvgIpc) is 2.63. The second-order valence-corrected chi connectivity index (χ2v) is 8.63. The summed E-state index contributed by atoms with van der Waals surface area (Å²) in [5.41, 5.74) is 0. The maximum Gasteiger partial charge on any atom is 0.247 e. The number of ether oxygens (including phenoxy) is 1. The van der Waals surface area contributed by atoms with Crippen molar-refractivity contribution >= 4 is 11.8 Å². The van der Waals surface area contributed by atoms with Crippen LogP contribution in [0, 0.1) is 17.8 Å². The van der Waals surface area contributed by atoms with E-state index in [0.29, 0.717) is 30.8 Å². The fraction of sp³-hybridized carbons (Fsp3) is 0.905. The molecule has 5 nitrogen and oxygen atoms in total. The van der Waals surface area contributed by atoms with Crippen LogP contribution in [0.3, 0.4) is 0 Å². The van der Waals surface area contributed by atoms with Crippen LogP contribution >= 0.6 is 0 Å². The molecule has 0 aromatic rings. The Hall–Kier alpha value is -1.10. The Kier molecular flexibility index (Phi) is 8.39. The van der Waals surface area contributed by atoms with E-state index < -0.39 is 6.04 Å². The van der Waals surface area contributed by atoms with Gasteiger partial charge in [0.25, 0.3) is 0 Å². The lowest BCUT2D eigenvalue weighted by molar-refractivity contribution is -0.143. The minimum atomic E-state index is -0.580. The lowest BCUT2D eigenvalue weighted by Crippen LogP contribution is -2.56. The normalized spacial score (nSPS) is 27.0. The zero-order chi connectivity index (χ0) is 19.1. The van der Waals surface area contributed by atoms with Gasteiger partial charge >= 0.3 is 0 Å². The molecule has 2 fully saturated rings. The number of piperidine rings is 1. The molecule has 1 saturated carbocycles. The van der Waals surface area contributed by atoms with Gasteiger partial charge in [0, 0.05) is 26.1 Å². The Morgan fingerprint density at radius 3 is 2.31 bits per heavy atom. The van der Waals surface area contributed by atoms with Gasteiger partial charge in [0.15, 0.2) is 0 Å². The molecule has 4 unspecified atom stereocenters. The summed E-state index contributed by atoms with van der Waals surface area (Å²) in [7, 11) is 0. The van der Waals surface area contributed by atoms with Crippen LogP contribution < -0.4 is 5.32 Å². The maximum absolute atomic E-state index is 13.2. The minimum absolute atomic E-state index is 0.0151. The monoisotopic (exact) mass is 366 g/mol. The summed E-state index contributed by atoms with van der Waals surface area (Å²) in [6, 6.07) is -0.580. The first-order valence-electron chi connectivity index (χ1n) is 10.6. The van der Waals surface area contributed by atoms with Crippen LogP contribution in [0.2, 0.25) is 0 Å². The van der Waals surface area contributed by atoms with Crippen molar-refractivity contribution in [2.45, 2.75) is 84.8 Å². The summed E-state index contributed by atoms with van der Waals surface area (Å²) < 4.78 is 6.09. The van der Waals surface area contributed by atoms with Crippen LogP contribution in [0.1, 0.15) is 72.6 Å². The first-order chi connectivity index (χ1) is 12.4. The van der Waals surface area contributed by atoms with Crippen molar-refractivity contribution in [1.29, 1.82) is 0 Å². The third kappa shape index (κ3) is 6.26. The van der Waals surface area contributed by atoms with Gasteiger partial charge in [0.2, 0.25) is 11.8 Å². The van der Waals surface area contributed by atoms with Gasteiger partial charge in [-0.2, -0.15) is 0 Å². The smallest absolute Gasteiger partial charge is 0.247 e. The molecular weight excluding hydrogens is 328 g/mol. The Morgan fingerprint density at radius 2 is 1.73 bits per heavy atom. The molecule has 0 bridgehead atoms. The van der Waals surface area contributed by atoms with Gasteiger partial charge in [-0.05, 0) is 43.9 Å². The van der Waals surface area contributed by atoms with Crippen LogP contribution in [0.4, 0.5) is 0 Å². The van der Waals surface area contributed by atoms with Crippen molar-refractivity contribution < 1.29 is 14.3 Å². The molecule has 5 heteroatoms. The van der Waals surface area contributed by atoms with Crippen molar-refractivity contribution in [3.63, 3.8) is 0 Å². The first-order valence-corrected chi connectivity index (χ1v) is 10.6. The highest BCUT2D eigenvalue weighted by Gasteiger charge is 2.34. The van der Waals surface area contributed by atoms with E-state index in [1.807, 2.05) is 18.7 Å². The maximum atomic E-state index is 13.2. The lowest BCUT2D eigenvalue weighted by Gasteiger charge is -2.38. The predicted octanol–water partition coefficient (Wildman–Crippen LogP) is 3.37. The second kappa shape index (κ2) is 10.3. The van der Waals surface area contributed by atoms with Gasteiger partial charge in [0.1, 0.15) is 6.04 Å². The molecule has 2 aliphatic rings. The van der Waals surface area contributed by atoms with Crippen molar-refractivity contribution in [3.8, 4) is 0 Å². The van der Waals surface area contributed by atoms with Gasteiger partial charge in [-0.3, -0.25) is 9.59 Å². The zero-order valence-electron chi connectivity index (χ0n) is 17.1. The van der Waals surface area contributed by atoms with E-state index in [9.17, 15) is 9.59 Å². The van der Waals surface area contributed by atoms with Gasteiger partial charge in [-0.1, -0.05) is 40.0 Å². The van der Waals surface area contributed by atoms with E-state index >= 15 is 0 Å². The number of hydrogen-bond donors (Lipinski definition) is 1. The Bertz CT molecular complexity index is 452. The summed E-state index contributed by atoms with van der Waals surface area (Å²) in [5, 5.41) is 2.93. The van der Waals surface area contributed by atoms with Gasteiger partial charge in [0.05, 0.1) is 6.10 Å². The summed E-state index contributed by atoms with van der Waals surface area (Å²) in [4.78, 5) is 27.1. The third-order valence-corrected chi connectivity index (χ3v) is 5.87. The first kappa shape index (κ1) is 21.2. The number of likely N-dealkylation sites (tertiary alicyclic amines) is 1. The summed E-state index contributed by atoms with van der Waals surface area (Å²) in [6.07, 6.45) is 7.55. The molecule has 0 aromatic heterocycles. The molecule has 4 atom stereocenters. The second-order valence-electron chi connectivity index (χ2n) is 8.63. The van der Waals surface area contributed by atoms with Crippen LogP contribution in [0.25, 0.3) is 0 Å². The number of hydrogen-bond acceptors (Lipinski definition) is 3. The van der Waals surface area contributed by atoms with Gasteiger partial charge in [-0.15, -0.1) is 0 Å². The standard InChI is InChI=1S/C21H38N2O3/c1-5-19(24)22-20(17(4)26-14-18-9-7-6-8-10-18)21(25)23-12-15(2)11-16(3)13-23/h15-18,20H,5-14H2,1-4H3,(H,22,24). The van der Waals surface area contributed by atoms with Crippen molar-refractivity contribution in [3.05, 3.63) is 0 Å². The van der Waals surface area contributed by atoms with Crippen molar-refractivity contribution in [1.82, 2.24) is 10.2 Å². The highest BCUT2D eigenvalue weighted by molar-refractivity contribution is 5.88. The van der Waals surface area contributed by atoms with E-state index in [0.717, 1.165) is 19.5 Å². The highest BCUT2D eigenvalue weighted by atomic mass is 16.5. The Morgan fingerprint density at radius 1 is 1.12 bits per heavy atom. The molecule has 1 saturated heterocycles. The molecule has 26 heavy (non-hydrogen) atoms. The molecule has 0 aromatic carbocycles. The van der Waals surface area contributed by atoms with Gasteiger partial charge < -0.3 is 15.0 Å². The van der Waals surface area contributed by atoms with E-state index in [-0.39, 0.29) is 17.9 Å². The number of nitrogens with zero attached hydrogens (tertiary/aromatic N) is 1. The molecular formula is C21H38N2O3. The van der Waals surface area contributed by atoms with Gasteiger partial charge in [-0.25, -0.2) is 0 Å². The molecule has 1 heterocycles. The third-order valence-electron chi connectivity index (χ3n) is 5.87. The predicted molar refractivity (Wildman–Crippen MR) is 104 cm³/mol. The summed E-state index contributed by atoms with van der Waals surface area (Å²) in [5.74, 6) is 1.53. The van der Waals surface area contributed by atoms with Crippen LogP contribution in [0.15, 0.2) is 0 Å². The molecule has 1 aliphatic heterocycles. The van der Waals surface area contributed by atoms with E-state index in [1.165, 1.54) is 32.1 Å². The van der Waals surface area contributed by atoms with Crippen LogP contribution in [0.5, 0.6) is 0 Å². The topological polar surface area (TPSA) is 58.6 Å². The fourth-order valence-corrected chi connectivity index (χ4v) is 4.43. The molecule has 150 valence electrons. The molecule has 0 radical (unpaired) electrons. The molecule has 2 amide bonds. The quantitative estimate of drug-likeness (QED) is 0.751. The zero-order valence-corrected chi connectivity index (χ0v) is 17.1. The molecule has 0 spiro atoms. The Labute approximate surface area is 159 Å². The molecule has 1 N–H and O–H groups in total. The fourth-order valence-electron chi connectivity index (χ4n) is 4.43. The minimum Gasteiger partial charge on any atom is -0.376 e. The molecule has 1 aliphatic carbocycles. The number of rotatable bonds is 7. The number of carbonyl (C=O) groups is 2. The van der Waals surface area contributed by atoms with Crippen molar-refractivity contribution in [2.24, 2.45) is 17.8 Å². The molecule has 2 rings (SSSR count). The Balaban J connectivity index is 1.98. The van der Waals surface area contributed by atoms with Crippen LogP contribution in [-0.4, -0.2) is 48.6 Å². The number of amides is 2. The largest absolute Gasteiger partial charge is 0.376 e. The van der Waals surface area contributed by atoms with Crippen molar-refractivity contribution in [2.75, 3.05) is 19.7 Å². The number of carbonyl (C=O) groups excluding carboxylic acids is 2. The lowest BCUT2D eigenvalue weighted by atomic mass is 9.90. The highest BCUT2D eigenvalue weighted by Crippen LogP contribution is 2.25. The van der Waals surface area contributed by atoms with E-state index in [2.05, 4.69) is 19.2 Å². The SMILES string of the molecule is CCC(=O)NC(C(=O)N1CC(C)CC(C)C1)C(C)OCC1CCCCC1. The summed E-state index contributed by atoms with van der Waals surface area (Å²) in [6.45, 7) is 10.4. The average molecular weight is 367 g/mol. The van der Waals surface area contributed by atoms with E-state index in [4.69, 9.17) is 4.74 Å². The number of nitrogens with one attached hydrogen (secondary N) is 1.